The van der Waals surface area contributed by atoms with Crippen LogP contribution in [0.5, 0.6) is 0 Å². The van der Waals surface area contributed by atoms with Crippen molar-refractivity contribution in [3.8, 4) is 0 Å². The number of halogens is 1. The van der Waals surface area contributed by atoms with Crippen LogP contribution in [0, 0.1) is 5.82 Å². The minimum absolute atomic E-state index is 0.0746. The van der Waals surface area contributed by atoms with Crippen LogP contribution in [0.4, 0.5) is 4.39 Å². The van der Waals surface area contributed by atoms with Crippen molar-refractivity contribution in [2.45, 2.75) is 25.4 Å². The van der Waals surface area contributed by atoms with E-state index in [1.165, 1.54) is 18.9 Å². The first kappa shape index (κ1) is 7.74. The Hall–Kier alpha value is -0.890. The summed E-state index contributed by atoms with van der Waals surface area (Å²) in [5, 5.41) is 2.22. The van der Waals surface area contributed by atoms with Gasteiger partial charge in [0.25, 0.3) is 0 Å². The maximum absolute atomic E-state index is 13.0. The predicted octanol–water partition coefficient (Wildman–Crippen LogP) is 1.05. The average Bonchev–Trinajstić information content (AvgIpc) is 2.86. The Labute approximate surface area is 71.6 Å². The zero-order valence-electron chi connectivity index (χ0n) is 6.96. The summed E-state index contributed by atoms with van der Waals surface area (Å²) in [5.41, 5.74) is 0.824. The predicted molar refractivity (Wildman–Crippen MR) is 45.1 cm³/mol. The van der Waals surface area contributed by atoms with Crippen LogP contribution in [-0.2, 0) is 6.54 Å². The summed E-state index contributed by atoms with van der Waals surface area (Å²) in [4.78, 5) is 0. The van der Waals surface area contributed by atoms with Gasteiger partial charge in [-0.05, 0) is 6.07 Å². The highest BCUT2D eigenvalue weighted by atomic mass is 19.1. The Kier molecular flexibility index (Phi) is 2.09. The lowest BCUT2D eigenvalue weighted by Gasteiger charge is -2.00. The highest BCUT2D eigenvalue weighted by molar-refractivity contribution is 5.15. The number of hydrogen-bond acceptors (Lipinski definition) is 0. The third-order valence-corrected chi connectivity index (χ3v) is 2.25. The molecule has 1 nitrogen and oxygen atoms in total. The summed E-state index contributed by atoms with van der Waals surface area (Å²) >= 11 is 0. The smallest absolute Gasteiger partial charge is 0.132 e. The molecule has 1 aliphatic carbocycles. The van der Waals surface area contributed by atoms with Crippen LogP contribution in [0.1, 0.15) is 18.4 Å². The van der Waals surface area contributed by atoms with Gasteiger partial charge in [0.15, 0.2) is 0 Å². The number of rotatable bonds is 3. The van der Waals surface area contributed by atoms with Gasteiger partial charge in [-0.15, -0.1) is 0 Å². The molecule has 0 aromatic heterocycles. The third-order valence-electron chi connectivity index (χ3n) is 2.25. The van der Waals surface area contributed by atoms with E-state index in [0.717, 1.165) is 18.2 Å². The molecule has 2 N–H and O–H groups in total. The van der Waals surface area contributed by atoms with E-state index < -0.39 is 0 Å². The Balaban J connectivity index is 1.96. The second-order valence-corrected chi connectivity index (χ2v) is 3.37. The van der Waals surface area contributed by atoms with E-state index in [1.807, 2.05) is 12.1 Å². The van der Waals surface area contributed by atoms with Gasteiger partial charge < -0.3 is 5.32 Å². The maximum Gasteiger partial charge on any atom is 0.132 e. The number of quaternary nitrogens is 1. The van der Waals surface area contributed by atoms with Crippen LogP contribution in [0.25, 0.3) is 0 Å². The average molecular weight is 166 g/mol. The second-order valence-electron chi connectivity index (χ2n) is 3.37. The maximum atomic E-state index is 13.0. The molecular formula is C10H13FN+. The van der Waals surface area contributed by atoms with Crippen LogP contribution in [-0.4, -0.2) is 6.04 Å². The first-order valence-electron chi connectivity index (χ1n) is 4.43. The summed E-state index contributed by atoms with van der Waals surface area (Å²) in [6, 6.07) is 7.77. The molecule has 0 radical (unpaired) electrons. The topological polar surface area (TPSA) is 16.6 Å². The second kappa shape index (κ2) is 3.23. The summed E-state index contributed by atoms with van der Waals surface area (Å²) in [6.07, 6.45) is 2.60. The SMILES string of the molecule is Fc1ccccc1C[NH2+]C1CC1. The van der Waals surface area contributed by atoms with Crippen LogP contribution in [0.2, 0.25) is 0 Å². The largest absolute Gasteiger partial charge is 0.340 e. The van der Waals surface area contributed by atoms with E-state index >= 15 is 0 Å². The van der Waals surface area contributed by atoms with Crippen molar-refractivity contribution >= 4 is 0 Å². The van der Waals surface area contributed by atoms with Crippen LogP contribution >= 0.6 is 0 Å². The molecule has 0 heterocycles. The lowest BCUT2D eigenvalue weighted by atomic mass is 10.2. The van der Waals surface area contributed by atoms with Gasteiger partial charge in [-0.3, -0.25) is 0 Å². The molecule has 0 aliphatic heterocycles. The quantitative estimate of drug-likeness (QED) is 0.691. The number of benzene rings is 1. The van der Waals surface area contributed by atoms with Crippen LogP contribution in [0.3, 0.4) is 0 Å². The highest BCUT2D eigenvalue weighted by Crippen LogP contribution is 2.14. The lowest BCUT2D eigenvalue weighted by molar-refractivity contribution is -0.684. The third kappa shape index (κ3) is 1.83. The minimum atomic E-state index is -0.0746. The van der Waals surface area contributed by atoms with Gasteiger partial charge in [0.2, 0.25) is 0 Å². The van der Waals surface area contributed by atoms with E-state index in [-0.39, 0.29) is 5.82 Å². The van der Waals surface area contributed by atoms with Crippen molar-refractivity contribution in [3.05, 3.63) is 35.6 Å². The summed E-state index contributed by atoms with van der Waals surface area (Å²) in [6.45, 7) is 0.789. The van der Waals surface area contributed by atoms with Crippen molar-refractivity contribution in [1.29, 1.82) is 0 Å². The summed E-state index contributed by atoms with van der Waals surface area (Å²) < 4.78 is 13.0. The van der Waals surface area contributed by atoms with Gasteiger partial charge in [-0.2, -0.15) is 0 Å². The van der Waals surface area contributed by atoms with Gasteiger partial charge in [0, 0.05) is 18.4 Å². The Bertz CT molecular complexity index is 268. The van der Waals surface area contributed by atoms with Gasteiger partial charge in [0.1, 0.15) is 12.4 Å². The van der Waals surface area contributed by atoms with E-state index in [9.17, 15) is 4.39 Å². The number of hydrogen-bond donors (Lipinski definition) is 1. The fraction of sp³-hybridized carbons (Fsp3) is 0.400. The van der Waals surface area contributed by atoms with Crippen molar-refractivity contribution in [1.82, 2.24) is 0 Å². The summed E-state index contributed by atoms with van der Waals surface area (Å²) in [7, 11) is 0. The molecule has 2 heteroatoms. The fourth-order valence-corrected chi connectivity index (χ4v) is 1.29. The van der Waals surface area contributed by atoms with E-state index in [1.54, 1.807) is 6.07 Å². The molecule has 1 aromatic carbocycles. The van der Waals surface area contributed by atoms with Gasteiger partial charge in [-0.1, -0.05) is 18.2 Å². The molecule has 0 atom stereocenters. The molecule has 1 aromatic rings. The molecule has 2 rings (SSSR count). The molecule has 0 bridgehead atoms. The van der Waals surface area contributed by atoms with Gasteiger partial charge >= 0.3 is 0 Å². The fourth-order valence-electron chi connectivity index (χ4n) is 1.29. The molecule has 0 amide bonds. The van der Waals surface area contributed by atoms with Gasteiger partial charge in [-0.25, -0.2) is 4.39 Å². The first-order valence-corrected chi connectivity index (χ1v) is 4.43. The van der Waals surface area contributed by atoms with Crippen molar-refractivity contribution < 1.29 is 9.71 Å². The van der Waals surface area contributed by atoms with Crippen molar-refractivity contribution in [3.63, 3.8) is 0 Å². The van der Waals surface area contributed by atoms with Crippen LogP contribution < -0.4 is 5.32 Å². The molecule has 12 heavy (non-hydrogen) atoms. The number of nitrogens with two attached hydrogens (primary N) is 1. The monoisotopic (exact) mass is 166 g/mol. The lowest BCUT2D eigenvalue weighted by Crippen LogP contribution is -2.84. The van der Waals surface area contributed by atoms with Crippen molar-refractivity contribution in [2.75, 3.05) is 0 Å². The molecule has 1 fully saturated rings. The molecule has 64 valence electrons. The summed E-state index contributed by atoms with van der Waals surface area (Å²) in [5.74, 6) is -0.0746. The van der Waals surface area contributed by atoms with E-state index in [2.05, 4.69) is 5.32 Å². The molecular weight excluding hydrogens is 153 g/mol. The molecule has 1 aliphatic rings. The standard InChI is InChI=1S/C10H12FN/c11-10-4-2-1-3-8(10)7-12-9-5-6-9/h1-4,9,12H,5-7H2/p+1. The van der Waals surface area contributed by atoms with E-state index in [4.69, 9.17) is 0 Å². The molecule has 1 saturated carbocycles. The zero-order valence-corrected chi connectivity index (χ0v) is 6.96. The normalized spacial score (nSPS) is 16.4. The highest BCUT2D eigenvalue weighted by Gasteiger charge is 2.24. The Morgan fingerprint density at radius 3 is 2.75 bits per heavy atom. The first-order chi connectivity index (χ1) is 5.86. The molecule has 0 spiro atoms. The molecule has 0 unspecified atom stereocenters. The van der Waals surface area contributed by atoms with Gasteiger partial charge in [0.05, 0.1) is 6.04 Å². The zero-order chi connectivity index (χ0) is 8.39. The van der Waals surface area contributed by atoms with E-state index in [0.29, 0.717) is 0 Å². The van der Waals surface area contributed by atoms with Crippen molar-refractivity contribution in [2.24, 2.45) is 0 Å². The van der Waals surface area contributed by atoms with Crippen LogP contribution in [0.15, 0.2) is 24.3 Å². The Morgan fingerprint density at radius 1 is 1.33 bits per heavy atom. The Morgan fingerprint density at radius 2 is 2.08 bits per heavy atom. The molecule has 0 saturated heterocycles. The minimum Gasteiger partial charge on any atom is -0.340 e.